The molecule has 0 radical (unpaired) electrons. The summed E-state index contributed by atoms with van der Waals surface area (Å²) in [5.41, 5.74) is 5.15. The van der Waals surface area contributed by atoms with E-state index in [-0.39, 0.29) is 5.91 Å². The number of pyridine rings is 1. The molecule has 32 heavy (non-hydrogen) atoms. The molecular weight excluding hydrogens is 404 g/mol. The molecule has 0 aliphatic carbocycles. The molecule has 0 saturated heterocycles. The highest BCUT2D eigenvalue weighted by atomic mass is 16.1. The van der Waals surface area contributed by atoms with Crippen molar-refractivity contribution >= 4 is 40.7 Å². The summed E-state index contributed by atoms with van der Waals surface area (Å²) in [7, 11) is 3.48. The van der Waals surface area contributed by atoms with Gasteiger partial charge in [-0.25, -0.2) is 9.97 Å². The summed E-state index contributed by atoms with van der Waals surface area (Å²) in [5.74, 6) is -0.209. The van der Waals surface area contributed by atoms with Crippen LogP contribution < -0.4 is 10.2 Å². The second kappa shape index (κ2) is 10.3. The van der Waals surface area contributed by atoms with E-state index < -0.39 is 0 Å². The van der Waals surface area contributed by atoms with E-state index in [9.17, 15) is 4.79 Å². The van der Waals surface area contributed by atoms with E-state index in [1.807, 2.05) is 44.0 Å². The molecule has 0 aliphatic heterocycles. The van der Waals surface area contributed by atoms with E-state index in [0.29, 0.717) is 34.9 Å². The third-order valence-electron chi connectivity index (χ3n) is 4.73. The zero-order valence-corrected chi connectivity index (χ0v) is 18.6. The number of aromatic nitrogens is 3. The van der Waals surface area contributed by atoms with Gasteiger partial charge in [-0.05, 0) is 44.8 Å². The number of aliphatic imine (C=N–C) groups is 1. The lowest BCUT2D eigenvalue weighted by atomic mass is 10.1. The smallest absolute Gasteiger partial charge is 0.251 e. The van der Waals surface area contributed by atoms with Gasteiger partial charge in [0.2, 0.25) is 0 Å². The quantitative estimate of drug-likeness (QED) is 0.410. The predicted octanol–water partition coefficient (Wildman–Crippen LogP) is 4.29. The van der Waals surface area contributed by atoms with Crippen molar-refractivity contribution in [2.24, 2.45) is 15.2 Å². The number of hydrogen-bond donors (Lipinski definition) is 2. The van der Waals surface area contributed by atoms with Crippen LogP contribution in [0.4, 0.5) is 5.69 Å². The van der Waals surface area contributed by atoms with Crippen LogP contribution in [-0.4, -0.2) is 48.2 Å². The van der Waals surface area contributed by atoms with E-state index in [1.165, 1.54) is 0 Å². The number of benzene rings is 1. The first-order valence-electron chi connectivity index (χ1n) is 10.1. The standard InChI is InChI=1S/C23H26N8O/c1-6-16(30-25-4)18-11-15(23(32)26-7-2)12-19(29-18)20(24-3)13-31(5)21-10-8-9-17-22(21)28-14-27-17/h6,8-14H,3,7H2,1-2,4-5H3,(H,26,32)(H,27,28)/b16-6-,20-13-,30-25-. The zero-order valence-electron chi connectivity index (χ0n) is 18.6. The van der Waals surface area contributed by atoms with E-state index in [2.05, 4.69) is 42.2 Å². The van der Waals surface area contributed by atoms with Crippen molar-refractivity contribution in [3.05, 3.63) is 65.9 Å². The van der Waals surface area contributed by atoms with Crippen LogP contribution in [0.5, 0.6) is 0 Å². The number of nitrogens with one attached hydrogen (secondary N) is 2. The summed E-state index contributed by atoms with van der Waals surface area (Å²) < 4.78 is 0. The highest BCUT2D eigenvalue weighted by Gasteiger charge is 2.15. The number of hydrogen-bond acceptors (Lipinski definition) is 7. The normalized spacial score (nSPS) is 12.4. The molecule has 0 fully saturated rings. The Hall–Kier alpha value is -4.14. The third-order valence-corrected chi connectivity index (χ3v) is 4.73. The molecule has 3 rings (SSSR count). The minimum atomic E-state index is -0.209. The Morgan fingerprint density at radius 3 is 2.69 bits per heavy atom. The molecular formula is C23H26N8O. The number of rotatable bonds is 8. The topological polar surface area (TPSA) is 111 Å². The van der Waals surface area contributed by atoms with Gasteiger partial charge in [-0.15, -0.1) is 0 Å². The van der Waals surface area contributed by atoms with Gasteiger partial charge in [-0.2, -0.15) is 10.2 Å². The van der Waals surface area contributed by atoms with Crippen molar-refractivity contribution in [3.63, 3.8) is 0 Å². The minimum absolute atomic E-state index is 0.209. The van der Waals surface area contributed by atoms with Crippen LogP contribution in [0.25, 0.3) is 22.4 Å². The number of azo groups is 1. The summed E-state index contributed by atoms with van der Waals surface area (Å²) in [6.45, 7) is 7.93. The summed E-state index contributed by atoms with van der Waals surface area (Å²) in [6.07, 6.45) is 5.25. The Morgan fingerprint density at radius 2 is 2.03 bits per heavy atom. The van der Waals surface area contributed by atoms with Crippen LogP contribution in [0.15, 0.2) is 64.2 Å². The molecule has 2 N–H and O–H groups in total. The Morgan fingerprint density at radius 1 is 1.28 bits per heavy atom. The van der Waals surface area contributed by atoms with Gasteiger partial charge in [0.05, 0.1) is 28.9 Å². The number of carbonyl (C=O) groups excluding carboxylic acids is 1. The van der Waals surface area contributed by atoms with Crippen LogP contribution in [0.3, 0.4) is 0 Å². The maximum atomic E-state index is 12.6. The van der Waals surface area contributed by atoms with E-state index in [4.69, 9.17) is 0 Å². The number of anilines is 1. The molecule has 0 bridgehead atoms. The lowest BCUT2D eigenvalue weighted by Gasteiger charge is -2.16. The third kappa shape index (κ3) is 4.77. The largest absolute Gasteiger partial charge is 0.352 e. The Kier molecular flexibility index (Phi) is 7.22. The monoisotopic (exact) mass is 430 g/mol. The SMILES string of the molecule is C=N/C(=C\N(C)c1cccc2[nH]cnc12)c1cc(C(=O)NCC)cc(C(=C/C)/N=N\C)n1. The highest BCUT2D eigenvalue weighted by Crippen LogP contribution is 2.26. The van der Waals surface area contributed by atoms with Gasteiger partial charge in [0.1, 0.15) is 16.9 Å². The Balaban J connectivity index is 2.11. The molecule has 164 valence electrons. The van der Waals surface area contributed by atoms with Crippen molar-refractivity contribution in [1.82, 2.24) is 20.3 Å². The van der Waals surface area contributed by atoms with Gasteiger partial charge in [-0.3, -0.25) is 9.79 Å². The van der Waals surface area contributed by atoms with Crippen molar-refractivity contribution < 1.29 is 4.79 Å². The van der Waals surface area contributed by atoms with E-state index in [0.717, 1.165) is 16.7 Å². The minimum Gasteiger partial charge on any atom is -0.352 e. The molecule has 9 nitrogen and oxygen atoms in total. The van der Waals surface area contributed by atoms with Gasteiger partial charge in [0.15, 0.2) is 0 Å². The Labute approximate surface area is 186 Å². The number of nitrogens with zero attached hydrogens (tertiary/aromatic N) is 6. The number of H-pyrrole nitrogens is 1. The highest BCUT2D eigenvalue weighted by molar-refractivity contribution is 5.96. The van der Waals surface area contributed by atoms with Gasteiger partial charge >= 0.3 is 0 Å². The second-order valence-corrected chi connectivity index (χ2v) is 6.82. The number of amides is 1. The van der Waals surface area contributed by atoms with Crippen LogP contribution in [0, 0.1) is 0 Å². The molecule has 0 atom stereocenters. The van der Waals surface area contributed by atoms with Crippen LogP contribution in [0.2, 0.25) is 0 Å². The molecule has 0 aliphatic rings. The fourth-order valence-corrected chi connectivity index (χ4v) is 3.23. The number of fused-ring (bicyclic) bond motifs is 1. The van der Waals surface area contributed by atoms with Crippen molar-refractivity contribution in [2.75, 3.05) is 25.5 Å². The predicted molar refractivity (Wildman–Crippen MR) is 129 cm³/mol. The molecule has 0 spiro atoms. The number of carbonyl (C=O) groups is 1. The maximum Gasteiger partial charge on any atom is 0.251 e. The zero-order chi connectivity index (χ0) is 23.1. The molecule has 0 unspecified atom stereocenters. The first-order chi connectivity index (χ1) is 15.5. The van der Waals surface area contributed by atoms with Crippen LogP contribution in [0.1, 0.15) is 35.6 Å². The van der Waals surface area contributed by atoms with E-state index >= 15 is 0 Å². The lowest BCUT2D eigenvalue weighted by molar-refractivity contribution is 0.0955. The van der Waals surface area contributed by atoms with Gasteiger partial charge < -0.3 is 15.2 Å². The maximum absolute atomic E-state index is 12.6. The summed E-state index contributed by atoms with van der Waals surface area (Å²) in [6, 6.07) is 9.24. The summed E-state index contributed by atoms with van der Waals surface area (Å²) in [4.78, 5) is 30.9. The molecule has 1 amide bonds. The average molecular weight is 431 g/mol. The first-order valence-corrected chi connectivity index (χ1v) is 10.1. The Bertz CT molecular complexity index is 1220. The summed E-state index contributed by atoms with van der Waals surface area (Å²) in [5, 5.41) is 10.8. The van der Waals surface area contributed by atoms with Gasteiger partial charge in [0, 0.05) is 32.4 Å². The number of imidazole rings is 1. The lowest BCUT2D eigenvalue weighted by Crippen LogP contribution is -2.23. The van der Waals surface area contributed by atoms with Crippen molar-refractivity contribution in [2.45, 2.75) is 13.8 Å². The number of para-hydroxylation sites is 1. The number of allylic oxidation sites excluding steroid dienone is 1. The fraction of sp³-hybridized carbons (Fsp3) is 0.217. The van der Waals surface area contributed by atoms with Crippen molar-refractivity contribution in [1.29, 1.82) is 0 Å². The number of aromatic amines is 1. The van der Waals surface area contributed by atoms with Crippen LogP contribution >= 0.6 is 0 Å². The fourth-order valence-electron chi connectivity index (χ4n) is 3.23. The average Bonchev–Trinajstić information content (AvgIpc) is 3.29. The molecule has 2 aromatic heterocycles. The summed E-state index contributed by atoms with van der Waals surface area (Å²) >= 11 is 0. The van der Waals surface area contributed by atoms with Crippen molar-refractivity contribution in [3.8, 4) is 0 Å². The van der Waals surface area contributed by atoms with Crippen LogP contribution in [-0.2, 0) is 0 Å². The molecule has 9 heteroatoms. The second-order valence-electron chi connectivity index (χ2n) is 6.82. The van der Waals surface area contributed by atoms with Gasteiger partial charge in [0.25, 0.3) is 5.91 Å². The first kappa shape index (κ1) is 22.5. The molecule has 1 aromatic carbocycles. The molecule has 3 aromatic rings. The molecule has 0 saturated carbocycles. The van der Waals surface area contributed by atoms with Gasteiger partial charge in [-0.1, -0.05) is 12.1 Å². The van der Waals surface area contributed by atoms with E-state index in [1.54, 1.807) is 37.8 Å². The molecule has 2 heterocycles.